The Morgan fingerprint density at radius 2 is 1.03 bits per heavy atom. The lowest BCUT2D eigenvalue weighted by Gasteiger charge is -2.28. The fourth-order valence-corrected chi connectivity index (χ4v) is 4.70. The van der Waals surface area contributed by atoms with E-state index in [1.807, 2.05) is 24.3 Å². The number of ether oxygens (including phenoxy) is 4. The minimum absolute atomic E-state index is 0.146. The average Bonchev–Trinajstić information content (AvgIpc) is 2.91. The van der Waals surface area contributed by atoms with Crippen molar-refractivity contribution >= 4 is 11.9 Å². The number of carbonyl (C=O) groups excluding carboxylic acids is 2. The fourth-order valence-electron chi connectivity index (χ4n) is 4.70. The molecule has 202 valence electrons. The standard InChI is InChI=1S/C28H40F2O6/c1-3-25(29)27(31)35-23-9-5-19(6-10-23)17-33-21-13-15-22(16-14-21)34-18-20-7-11-24(12-8-20)36-28(32)26(30)4-2/h13-16,19-20,23-26H,3-12,17-18H2,1-2H3/t19?,20?,23?,24?,25-,26-/m1/s1. The van der Waals surface area contributed by atoms with E-state index in [2.05, 4.69) is 0 Å². The maximum atomic E-state index is 13.4. The van der Waals surface area contributed by atoms with Gasteiger partial charge in [0.1, 0.15) is 23.7 Å². The molecule has 2 aliphatic carbocycles. The summed E-state index contributed by atoms with van der Waals surface area (Å²) in [7, 11) is 0. The van der Waals surface area contributed by atoms with Crippen LogP contribution in [0.4, 0.5) is 8.78 Å². The first-order valence-corrected chi connectivity index (χ1v) is 13.4. The zero-order valence-corrected chi connectivity index (χ0v) is 21.5. The van der Waals surface area contributed by atoms with Gasteiger partial charge < -0.3 is 18.9 Å². The monoisotopic (exact) mass is 510 g/mol. The van der Waals surface area contributed by atoms with E-state index in [9.17, 15) is 18.4 Å². The Labute approximate surface area is 213 Å². The molecule has 0 radical (unpaired) electrons. The largest absolute Gasteiger partial charge is 0.493 e. The van der Waals surface area contributed by atoms with Crippen LogP contribution >= 0.6 is 0 Å². The summed E-state index contributed by atoms with van der Waals surface area (Å²) in [6.45, 7) is 4.45. The van der Waals surface area contributed by atoms with Gasteiger partial charge >= 0.3 is 11.9 Å². The third-order valence-electron chi connectivity index (χ3n) is 7.18. The zero-order valence-electron chi connectivity index (χ0n) is 21.5. The van der Waals surface area contributed by atoms with Gasteiger partial charge in [-0.2, -0.15) is 0 Å². The molecule has 0 saturated heterocycles. The van der Waals surface area contributed by atoms with E-state index in [0.717, 1.165) is 62.9 Å². The molecule has 2 atom stereocenters. The number of esters is 2. The van der Waals surface area contributed by atoms with E-state index < -0.39 is 24.3 Å². The van der Waals surface area contributed by atoms with Crippen molar-refractivity contribution in [3.63, 3.8) is 0 Å². The summed E-state index contributed by atoms with van der Waals surface area (Å²) in [6, 6.07) is 7.58. The Morgan fingerprint density at radius 1 is 0.694 bits per heavy atom. The van der Waals surface area contributed by atoms with Crippen LogP contribution in [0.3, 0.4) is 0 Å². The Hall–Kier alpha value is -2.38. The molecule has 2 saturated carbocycles. The smallest absolute Gasteiger partial charge is 0.340 e. The Balaban J connectivity index is 1.29. The van der Waals surface area contributed by atoms with E-state index in [1.165, 1.54) is 0 Å². The highest BCUT2D eigenvalue weighted by Crippen LogP contribution is 2.30. The van der Waals surface area contributed by atoms with Gasteiger partial charge in [-0.25, -0.2) is 18.4 Å². The van der Waals surface area contributed by atoms with E-state index in [4.69, 9.17) is 18.9 Å². The van der Waals surface area contributed by atoms with E-state index in [0.29, 0.717) is 25.0 Å². The normalized spacial score (nSPS) is 25.9. The molecule has 0 unspecified atom stereocenters. The predicted octanol–water partition coefficient (Wildman–Crippen LogP) is 6.14. The van der Waals surface area contributed by atoms with Crippen molar-refractivity contribution in [3.8, 4) is 11.5 Å². The maximum absolute atomic E-state index is 13.4. The van der Waals surface area contributed by atoms with Gasteiger partial charge in [-0.3, -0.25) is 0 Å². The molecular weight excluding hydrogens is 470 g/mol. The Kier molecular flexibility index (Phi) is 11.3. The Morgan fingerprint density at radius 3 is 1.33 bits per heavy atom. The molecule has 2 aliphatic rings. The highest BCUT2D eigenvalue weighted by atomic mass is 19.1. The van der Waals surface area contributed by atoms with Crippen LogP contribution < -0.4 is 9.47 Å². The molecule has 1 aromatic carbocycles. The molecule has 0 aromatic heterocycles. The second-order valence-corrected chi connectivity index (χ2v) is 10.0. The van der Waals surface area contributed by atoms with Gasteiger partial charge in [-0.1, -0.05) is 13.8 Å². The minimum atomic E-state index is -1.53. The van der Waals surface area contributed by atoms with Gasteiger partial charge in [0.25, 0.3) is 0 Å². The molecule has 8 heteroatoms. The summed E-state index contributed by atoms with van der Waals surface area (Å²) in [5.74, 6) is 0.845. The topological polar surface area (TPSA) is 71.1 Å². The third kappa shape index (κ3) is 8.93. The molecule has 0 aliphatic heterocycles. The SMILES string of the molecule is CC[C@@H](F)C(=O)OC1CCC(COc2ccc(OCC3CCC(OC(=O)[C@H](F)CC)CC3)cc2)CC1. The summed E-state index contributed by atoms with van der Waals surface area (Å²) in [5, 5.41) is 0. The average molecular weight is 511 g/mol. The van der Waals surface area contributed by atoms with Gasteiger partial charge in [0.2, 0.25) is 0 Å². The number of halogens is 2. The van der Waals surface area contributed by atoms with Crippen LogP contribution in [0.5, 0.6) is 11.5 Å². The molecule has 6 nitrogen and oxygen atoms in total. The molecule has 0 spiro atoms. The third-order valence-corrected chi connectivity index (χ3v) is 7.18. The number of alkyl halides is 2. The summed E-state index contributed by atoms with van der Waals surface area (Å²) in [6.07, 6.45) is 3.35. The van der Waals surface area contributed by atoms with Gasteiger partial charge in [0.05, 0.1) is 13.2 Å². The highest BCUT2D eigenvalue weighted by Gasteiger charge is 2.28. The van der Waals surface area contributed by atoms with E-state index in [-0.39, 0.29) is 25.0 Å². The lowest BCUT2D eigenvalue weighted by atomic mass is 9.88. The lowest BCUT2D eigenvalue weighted by molar-refractivity contribution is -0.158. The van der Waals surface area contributed by atoms with Crippen LogP contribution in [0, 0.1) is 11.8 Å². The van der Waals surface area contributed by atoms with Crippen LogP contribution in [0.1, 0.15) is 78.1 Å². The first-order valence-electron chi connectivity index (χ1n) is 13.4. The summed E-state index contributed by atoms with van der Waals surface area (Å²) < 4.78 is 49.2. The zero-order chi connectivity index (χ0) is 25.9. The fraction of sp³-hybridized carbons (Fsp3) is 0.714. The number of hydrogen-bond donors (Lipinski definition) is 0. The minimum Gasteiger partial charge on any atom is -0.493 e. The Bertz CT molecular complexity index is 734. The van der Waals surface area contributed by atoms with Crippen molar-refractivity contribution in [2.75, 3.05) is 13.2 Å². The van der Waals surface area contributed by atoms with Crippen molar-refractivity contribution in [2.45, 2.75) is 103 Å². The maximum Gasteiger partial charge on any atom is 0.340 e. The van der Waals surface area contributed by atoms with Crippen molar-refractivity contribution in [3.05, 3.63) is 24.3 Å². The summed E-state index contributed by atoms with van der Waals surface area (Å²) in [5.41, 5.74) is 0. The predicted molar refractivity (Wildman–Crippen MR) is 131 cm³/mol. The van der Waals surface area contributed by atoms with Crippen LogP contribution in [0.15, 0.2) is 24.3 Å². The van der Waals surface area contributed by atoms with Gasteiger partial charge in [0, 0.05) is 0 Å². The van der Waals surface area contributed by atoms with Crippen LogP contribution in [0.2, 0.25) is 0 Å². The highest BCUT2D eigenvalue weighted by molar-refractivity contribution is 5.74. The van der Waals surface area contributed by atoms with Gasteiger partial charge in [0.15, 0.2) is 12.3 Å². The van der Waals surface area contributed by atoms with Crippen LogP contribution in [-0.4, -0.2) is 49.7 Å². The molecule has 36 heavy (non-hydrogen) atoms. The van der Waals surface area contributed by atoms with E-state index in [1.54, 1.807) is 13.8 Å². The van der Waals surface area contributed by atoms with Crippen LogP contribution in [0.25, 0.3) is 0 Å². The number of rotatable bonds is 12. The summed E-state index contributed by atoms with van der Waals surface area (Å²) >= 11 is 0. The molecular formula is C28H40F2O6. The van der Waals surface area contributed by atoms with Crippen molar-refractivity contribution in [1.82, 2.24) is 0 Å². The van der Waals surface area contributed by atoms with E-state index >= 15 is 0 Å². The number of benzene rings is 1. The first kappa shape index (κ1) is 28.2. The lowest BCUT2D eigenvalue weighted by Crippen LogP contribution is -2.30. The van der Waals surface area contributed by atoms with Crippen LogP contribution in [-0.2, 0) is 19.1 Å². The van der Waals surface area contributed by atoms with Gasteiger partial charge in [-0.15, -0.1) is 0 Å². The molecule has 0 heterocycles. The van der Waals surface area contributed by atoms with Crippen molar-refractivity contribution in [1.29, 1.82) is 0 Å². The second-order valence-electron chi connectivity index (χ2n) is 10.0. The number of carbonyl (C=O) groups is 2. The molecule has 0 amide bonds. The molecule has 0 N–H and O–H groups in total. The van der Waals surface area contributed by atoms with Gasteiger partial charge in [-0.05, 0) is 100 Å². The molecule has 0 bridgehead atoms. The molecule has 3 rings (SSSR count). The summed E-state index contributed by atoms with van der Waals surface area (Å²) in [4.78, 5) is 23.2. The van der Waals surface area contributed by atoms with Crippen molar-refractivity contribution < 1.29 is 37.3 Å². The molecule has 1 aromatic rings. The second kappa shape index (κ2) is 14.4. The first-order chi connectivity index (χ1) is 17.4. The number of hydrogen-bond acceptors (Lipinski definition) is 6. The molecule has 2 fully saturated rings. The quantitative estimate of drug-likeness (QED) is 0.314. The van der Waals surface area contributed by atoms with Crippen molar-refractivity contribution in [2.24, 2.45) is 11.8 Å².